The van der Waals surface area contributed by atoms with E-state index in [0.717, 1.165) is 22.0 Å². The molecule has 3 rings (SSSR count). The Morgan fingerprint density at radius 2 is 2.13 bits per heavy atom. The van der Waals surface area contributed by atoms with E-state index >= 15 is 0 Å². The van der Waals surface area contributed by atoms with Crippen molar-refractivity contribution in [2.75, 3.05) is 6.54 Å². The van der Waals surface area contributed by atoms with Gasteiger partial charge in [-0.1, -0.05) is 24.3 Å². The lowest BCUT2D eigenvalue weighted by atomic mass is 9.99. The molecule has 3 aromatic rings. The quantitative estimate of drug-likeness (QED) is 0.758. The molecule has 23 heavy (non-hydrogen) atoms. The minimum Gasteiger partial charge on any atom is -0.384 e. The number of thiophene rings is 1. The molecule has 0 unspecified atom stereocenters. The molecular formula is C18H18N2O2S. The highest BCUT2D eigenvalue weighted by Gasteiger charge is 2.24. The number of pyridine rings is 1. The molecule has 2 heterocycles. The predicted molar refractivity (Wildman–Crippen MR) is 92.3 cm³/mol. The second kappa shape index (κ2) is 6.48. The molecule has 4 nitrogen and oxygen atoms in total. The van der Waals surface area contributed by atoms with Crippen LogP contribution < -0.4 is 5.32 Å². The van der Waals surface area contributed by atoms with E-state index in [1.54, 1.807) is 13.1 Å². The average Bonchev–Trinajstić information content (AvgIpc) is 3.09. The summed E-state index contributed by atoms with van der Waals surface area (Å²) in [5.41, 5.74) is 1.48. The minimum atomic E-state index is -1.06. The number of carbonyl (C=O) groups excluding carboxylic acids is 1. The molecule has 1 amide bonds. The van der Waals surface area contributed by atoms with Crippen LogP contribution in [0.1, 0.15) is 18.1 Å². The Kier molecular flexibility index (Phi) is 4.41. The lowest BCUT2D eigenvalue weighted by molar-refractivity contribution is -0.121. The topological polar surface area (TPSA) is 62.2 Å². The van der Waals surface area contributed by atoms with Crippen molar-refractivity contribution in [2.45, 2.75) is 18.9 Å². The van der Waals surface area contributed by atoms with Crippen LogP contribution in [0.4, 0.5) is 0 Å². The number of hydrogen-bond acceptors (Lipinski definition) is 4. The zero-order valence-electron chi connectivity index (χ0n) is 12.8. The van der Waals surface area contributed by atoms with Crippen molar-refractivity contribution in [3.63, 3.8) is 0 Å². The van der Waals surface area contributed by atoms with E-state index in [0.29, 0.717) is 0 Å². The van der Waals surface area contributed by atoms with Gasteiger partial charge in [0.15, 0.2) is 0 Å². The third-order valence-corrected chi connectivity index (χ3v) is 4.52. The molecular weight excluding hydrogens is 308 g/mol. The normalized spacial score (nSPS) is 13.7. The first kappa shape index (κ1) is 15.6. The van der Waals surface area contributed by atoms with Gasteiger partial charge in [0.1, 0.15) is 5.60 Å². The molecule has 0 aliphatic heterocycles. The summed E-state index contributed by atoms with van der Waals surface area (Å²) in [5, 5.41) is 18.1. The van der Waals surface area contributed by atoms with Gasteiger partial charge in [0.05, 0.1) is 18.5 Å². The van der Waals surface area contributed by atoms with E-state index < -0.39 is 5.60 Å². The van der Waals surface area contributed by atoms with E-state index in [1.165, 1.54) is 11.3 Å². The molecule has 0 fully saturated rings. The predicted octanol–water partition coefficient (Wildman–Crippen LogP) is 2.86. The molecule has 2 N–H and O–H groups in total. The first-order valence-electron chi connectivity index (χ1n) is 7.41. The number of amides is 1. The SMILES string of the molecule is C[C@@](O)(CNC(=O)Cc1cccc2cccnc12)c1ccsc1. The van der Waals surface area contributed by atoms with Crippen LogP contribution in [0, 0.1) is 0 Å². The van der Waals surface area contributed by atoms with Crippen LogP contribution in [0.3, 0.4) is 0 Å². The summed E-state index contributed by atoms with van der Waals surface area (Å²) in [6, 6.07) is 11.5. The second-order valence-electron chi connectivity index (χ2n) is 5.73. The van der Waals surface area contributed by atoms with Gasteiger partial charge >= 0.3 is 0 Å². The summed E-state index contributed by atoms with van der Waals surface area (Å²) in [4.78, 5) is 16.6. The summed E-state index contributed by atoms with van der Waals surface area (Å²) in [5.74, 6) is -0.126. The Morgan fingerprint density at radius 3 is 2.91 bits per heavy atom. The maximum Gasteiger partial charge on any atom is 0.224 e. The highest BCUT2D eigenvalue weighted by Crippen LogP contribution is 2.22. The first-order chi connectivity index (χ1) is 11.1. The number of fused-ring (bicyclic) bond motifs is 1. The monoisotopic (exact) mass is 326 g/mol. The fraction of sp³-hybridized carbons (Fsp3) is 0.222. The third kappa shape index (κ3) is 3.57. The number of rotatable bonds is 5. The smallest absolute Gasteiger partial charge is 0.224 e. The van der Waals surface area contributed by atoms with E-state index in [2.05, 4.69) is 10.3 Å². The number of benzene rings is 1. The van der Waals surface area contributed by atoms with Crippen LogP contribution in [0.2, 0.25) is 0 Å². The zero-order valence-corrected chi connectivity index (χ0v) is 13.6. The summed E-state index contributed by atoms with van der Waals surface area (Å²) in [6.45, 7) is 1.88. The van der Waals surface area contributed by atoms with Gasteiger partial charge in [0.2, 0.25) is 5.91 Å². The number of nitrogens with one attached hydrogen (secondary N) is 1. The van der Waals surface area contributed by atoms with Gasteiger partial charge in [-0.2, -0.15) is 11.3 Å². The second-order valence-corrected chi connectivity index (χ2v) is 6.51. The molecule has 0 saturated carbocycles. The Hall–Kier alpha value is -2.24. The number of nitrogens with zero attached hydrogens (tertiary/aromatic N) is 1. The molecule has 1 atom stereocenters. The molecule has 118 valence electrons. The van der Waals surface area contributed by atoms with Crippen molar-refractivity contribution < 1.29 is 9.90 Å². The number of aromatic nitrogens is 1. The number of para-hydroxylation sites is 1. The summed E-state index contributed by atoms with van der Waals surface area (Å²) in [6.07, 6.45) is 1.97. The van der Waals surface area contributed by atoms with Crippen molar-refractivity contribution in [2.24, 2.45) is 0 Å². The molecule has 0 radical (unpaired) electrons. The van der Waals surface area contributed by atoms with Gasteiger partial charge in [-0.25, -0.2) is 0 Å². The maximum atomic E-state index is 12.2. The van der Waals surface area contributed by atoms with E-state index in [-0.39, 0.29) is 18.9 Å². The molecule has 0 bridgehead atoms. The maximum absolute atomic E-state index is 12.2. The number of hydrogen-bond donors (Lipinski definition) is 2. The van der Waals surface area contributed by atoms with Gasteiger partial charge in [-0.05, 0) is 40.9 Å². The van der Waals surface area contributed by atoms with Crippen molar-refractivity contribution in [3.05, 3.63) is 64.5 Å². The van der Waals surface area contributed by atoms with E-state index in [1.807, 2.05) is 47.2 Å². The summed E-state index contributed by atoms with van der Waals surface area (Å²) < 4.78 is 0. The van der Waals surface area contributed by atoms with Gasteiger partial charge in [-0.3, -0.25) is 9.78 Å². The fourth-order valence-corrected chi connectivity index (χ4v) is 3.27. The van der Waals surface area contributed by atoms with E-state index in [4.69, 9.17) is 0 Å². The lowest BCUT2D eigenvalue weighted by Gasteiger charge is -2.22. The largest absolute Gasteiger partial charge is 0.384 e. The molecule has 2 aromatic heterocycles. The summed E-state index contributed by atoms with van der Waals surface area (Å²) >= 11 is 1.52. The van der Waals surface area contributed by atoms with Crippen LogP contribution in [0.25, 0.3) is 10.9 Å². The average molecular weight is 326 g/mol. The van der Waals surface area contributed by atoms with Gasteiger partial charge in [0.25, 0.3) is 0 Å². The van der Waals surface area contributed by atoms with Crippen LogP contribution in [0.15, 0.2) is 53.4 Å². The lowest BCUT2D eigenvalue weighted by Crippen LogP contribution is -2.39. The van der Waals surface area contributed by atoms with Crippen molar-refractivity contribution in [1.82, 2.24) is 10.3 Å². The molecule has 0 spiro atoms. The molecule has 0 aliphatic rings. The highest BCUT2D eigenvalue weighted by molar-refractivity contribution is 7.08. The number of aliphatic hydroxyl groups is 1. The van der Waals surface area contributed by atoms with Crippen LogP contribution >= 0.6 is 11.3 Å². The molecule has 5 heteroatoms. The molecule has 0 aliphatic carbocycles. The Bertz CT molecular complexity index is 808. The van der Waals surface area contributed by atoms with Gasteiger partial charge < -0.3 is 10.4 Å². The van der Waals surface area contributed by atoms with Crippen LogP contribution in [0.5, 0.6) is 0 Å². The molecule has 0 saturated heterocycles. The fourth-order valence-electron chi connectivity index (χ4n) is 2.49. The minimum absolute atomic E-state index is 0.126. The Labute approximate surface area is 138 Å². The zero-order chi connectivity index (χ0) is 16.3. The van der Waals surface area contributed by atoms with Crippen LogP contribution in [-0.2, 0) is 16.8 Å². The van der Waals surface area contributed by atoms with Crippen molar-refractivity contribution >= 4 is 28.1 Å². The van der Waals surface area contributed by atoms with Gasteiger partial charge in [0, 0.05) is 11.6 Å². The number of carbonyl (C=O) groups is 1. The third-order valence-electron chi connectivity index (χ3n) is 3.84. The van der Waals surface area contributed by atoms with Crippen molar-refractivity contribution in [1.29, 1.82) is 0 Å². The summed E-state index contributed by atoms with van der Waals surface area (Å²) in [7, 11) is 0. The Morgan fingerprint density at radius 1 is 1.30 bits per heavy atom. The first-order valence-corrected chi connectivity index (χ1v) is 8.35. The standard InChI is InChI=1S/C18H18N2O2S/c1-18(22,15-7-9-23-11-15)12-20-16(21)10-14-5-2-4-13-6-3-8-19-17(13)14/h2-9,11,22H,10,12H2,1H3,(H,20,21)/t18-/m1/s1. The van der Waals surface area contributed by atoms with E-state index in [9.17, 15) is 9.90 Å². The van der Waals surface area contributed by atoms with Crippen LogP contribution in [-0.4, -0.2) is 22.5 Å². The van der Waals surface area contributed by atoms with Gasteiger partial charge in [-0.15, -0.1) is 0 Å². The Balaban J connectivity index is 1.67. The van der Waals surface area contributed by atoms with Crippen molar-refractivity contribution in [3.8, 4) is 0 Å². The molecule has 1 aromatic carbocycles. The highest BCUT2D eigenvalue weighted by atomic mass is 32.1.